The summed E-state index contributed by atoms with van der Waals surface area (Å²) in [4.78, 5) is 7.83. The Bertz CT molecular complexity index is 616. The number of nitrogens with zero attached hydrogens (tertiary/aromatic N) is 2. The maximum absolute atomic E-state index is 13.5. The fourth-order valence-electron chi connectivity index (χ4n) is 1.51. The number of anilines is 2. The van der Waals surface area contributed by atoms with E-state index in [4.69, 9.17) is 16.3 Å². The first-order valence-corrected chi connectivity index (χ1v) is 5.81. The highest BCUT2D eigenvalue weighted by molar-refractivity contribution is 6.29. The van der Waals surface area contributed by atoms with Crippen LogP contribution in [0.5, 0.6) is 0 Å². The van der Waals surface area contributed by atoms with Gasteiger partial charge in [0.1, 0.15) is 29.1 Å². The Labute approximate surface area is 117 Å². The summed E-state index contributed by atoms with van der Waals surface area (Å²) >= 11 is 5.76. The van der Waals surface area contributed by atoms with Crippen LogP contribution in [0.3, 0.4) is 0 Å². The third-order valence-electron chi connectivity index (χ3n) is 2.27. The highest BCUT2D eigenvalue weighted by Crippen LogP contribution is 2.24. The van der Waals surface area contributed by atoms with Crippen LogP contribution in [0.4, 0.5) is 24.7 Å². The molecule has 106 valence electrons. The Morgan fingerprint density at radius 1 is 1.15 bits per heavy atom. The number of methoxy groups -OCH3 is 1. The zero-order chi connectivity index (χ0) is 14.7. The second-order valence-electron chi connectivity index (χ2n) is 3.79. The van der Waals surface area contributed by atoms with Gasteiger partial charge >= 0.3 is 0 Å². The van der Waals surface area contributed by atoms with Gasteiger partial charge in [-0.15, -0.1) is 0 Å². The maximum Gasteiger partial charge on any atom is 0.158 e. The number of hydrogen-bond donors (Lipinski definition) is 1. The molecule has 0 aliphatic rings. The molecule has 0 aliphatic carbocycles. The third kappa shape index (κ3) is 3.37. The summed E-state index contributed by atoms with van der Waals surface area (Å²) in [6, 6.07) is 2.40. The Balaban J connectivity index is 2.35. The molecule has 0 atom stereocenters. The highest BCUT2D eigenvalue weighted by Gasteiger charge is 2.13. The number of halogens is 4. The normalized spacial score (nSPS) is 10.7. The van der Waals surface area contributed by atoms with Crippen molar-refractivity contribution >= 4 is 23.1 Å². The minimum absolute atomic E-state index is 0.0708. The summed E-state index contributed by atoms with van der Waals surface area (Å²) < 4.78 is 44.7. The Hall–Kier alpha value is -1.86. The van der Waals surface area contributed by atoms with Crippen molar-refractivity contribution in [2.24, 2.45) is 0 Å². The molecular formula is C12H9ClF3N3O. The minimum atomic E-state index is -1.08. The summed E-state index contributed by atoms with van der Waals surface area (Å²) in [6.07, 6.45) is 0. The molecule has 0 unspecified atom stereocenters. The van der Waals surface area contributed by atoms with Crippen LogP contribution in [0, 0.1) is 17.5 Å². The molecule has 1 aromatic heterocycles. The second kappa shape index (κ2) is 6.06. The van der Waals surface area contributed by atoms with E-state index in [1.165, 1.54) is 13.2 Å². The lowest BCUT2D eigenvalue weighted by Gasteiger charge is -2.09. The topological polar surface area (TPSA) is 47.0 Å². The first-order valence-electron chi connectivity index (χ1n) is 5.43. The summed E-state index contributed by atoms with van der Waals surface area (Å²) in [5, 5.41) is 2.48. The quantitative estimate of drug-likeness (QED) is 0.879. The monoisotopic (exact) mass is 303 g/mol. The molecule has 1 aromatic carbocycles. The van der Waals surface area contributed by atoms with Crippen LogP contribution >= 0.6 is 11.6 Å². The number of hydrogen-bond acceptors (Lipinski definition) is 4. The average Bonchev–Trinajstić information content (AvgIpc) is 2.33. The van der Waals surface area contributed by atoms with E-state index in [9.17, 15) is 13.2 Å². The lowest BCUT2D eigenvalue weighted by atomic mass is 10.2. The smallest absolute Gasteiger partial charge is 0.158 e. The molecule has 0 spiro atoms. The lowest BCUT2D eigenvalue weighted by Crippen LogP contribution is -2.04. The number of rotatable bonds is 4. The summed E-state index contributed by atoms with van der Waals surface area (Å²) in [5.74, 6) is -2.85. The van der Waals surface area contributed by atoms with Crippen molar-refractivity contribution < 1.29 is 17.9 Å². The zero-order valence-corrected chi connectivity index (χ0v) is 11.0. The van der Waals surface area contributed by atoms with Gasteiger partial charge in [-0.25, -0.2) is 23.1 Å². The van der Waals surface area contributed by atoms with E-state index in [0.29, 0.717) is 12.1 Å². The predicted octanol–water partition coefficient (Wildman–Crippen LogP) is 3.44. The summed E-state index contributed by atoms with van der Waals surface area (Å²) in [6.45, 7) is 0.0869. The van der Waals surface area contributed by atoms with E-state index in [0.717, 1.165) is 0 Å². The largest absolute Gasteiger partial charge is 0.377 e. The van der Waals surface area contributed by atoms with Gasteiger partial charge in [0.25, 0.3) is 0 Å². The van der Waals surface area contributed by atoms with Crippen LogP contribution in [0.15, 0.2) is 18.2 Å². The van der Waals surface area contributed by atoms with Gasteiger partial charge < -0.3 is 10.1 Å². The zero-order valence-electron chi connectivity index (χ0n) is 10.3. The Morgan fingerprint density at radius 3 is 2.40 bits per heavy atom. The van der Waals surface area contributed by atoms with Gasteiger partial charge in [0.05, 0.1) is 0 Å². The molecule has 0 saturated heterocycles. The standard InChI is InChI=1S/C12H9ClF3N3O/c1-20-5-11-17-9(13)4-10(18-11)19-12-7(15)2-6(14)3-8(12)16/h2-4H,5H2,1H3,(H,17,18,19). The number of nitrogens with one attached hydrogen (secondary N) is 1. The van der Waals surface area contributed by atoms with Crippen LogP contribution in [0.1, 0.15) is 5.82 Å². The fourth-order valence-corrected chi connectivity index (χ4v) is 1.71. The lowest BCUT2D eigenvalue weighted by molar-refractivity contribution is 0.178. The van der Waals surface area contributed by atoms with Crippen LogP contribution in [-0.2, 0) is 11.3 Å². The van der Waals surface area contributed by atoms with Crippen molar-refractivity contribution in [1.29, 1.82) is 0 Å². The molecule has 1 N–H and O–H groups in total. The molecule has 4 nitrogen and oxygen atoms in total. The van der Waals surface area contributed by atoms with Crippen molar-refractivity contribution in [2.75, 3.05) is 12.4 Å². The van der Waals surface area contributed by atoms with Gasteiger partial charge in [-0.05, 0) is 0 Å². The van der Waals surface area contributed by atoms with Crippen molar-refractivity contribution in [1.82, 2.24) is 9.97 Å². The Kier molecular flexibility index (Phi) is 4.41. The molecule has 0 fully saturated rings. The molecule has 0 amide bonds. The van der Waals surface area contributed by atoms with E-state index < -0.39 is 23.1 Å². The first kappa shape index (κ1) is 14.5. The molecule has 0 radical (unpaired) electrons. The van der Waals surface area contributed by atoms with Gasteiger partial charge in [-0.2, -0.15) is 0 Å². The summed E-state index contributed by atoms with van der Waals surface area (Å²) in [7, 11) is 1.44. The van der Waals surface area contributed by atoms with E-state index in [2.05, 4.69) is 15.3 Å². The second-order valence-corrected chi connectivity index (χ2v) is 4.18. The molecule has 2 rings (SSSR count). The van der Waals surface area contributed by atoms with Gasteiger partial charge in [0.2, 0.25) is 0 Å². The predicted molar refractivity (Wildman–Crippen MR) is 67.4 cm³/mol. The number of aromatic nitrogens is 2. The van der Waals surface area contributed by atoms with E-state index in [1.54, 1.807) is 0 Å². The van der Waals surface area contributed by atoms with Crippen LogP contribution in [0.25, 0.3) is 0 Å². The van der Waals surface area contributed by atoms with Crippen molar-refractivity contribution in [3.05, 3.63) is 46.6 Å². The SMILES string of the molecule is COCc1nc(Cl)cc(Nc2c(F)cc(F)cc2F)n1. The molecule has 8 heteroatoms. The van der Waals surface area contributed by atoms with Crippen LogP contribution < -0.4 is 5.32 Å². The van der Waals surface area contributed by atoms with E-state index in [1.807, 2.05) is 0 Å². The van der Waals surface area contributed by atoms with Crippen molar-refractivity contribution in [3.8, 4) is 0 Å². The van der Waals surface area contributed by atoms with E-state index >= 15 is 0 Å². The van der Waals surface area contributed by atoms with Gasteiger partial charge in [0.15, 0.2) is 17.5 Å². The first-order chi connectivity index (χ1) is 9.49. The van der Waals surface area contributed by atoms with Gasteiger partial charge in [-0.3, -0.25) is 0 Å². The highest BCUT2D eigenvalue weighted by atomic mass is 35.5. The van der Waals surface area contributed by atoms with Crippen molar-refractivity contribution in [3.63, 3.8) is 0 Å². The molecule has 20 heavy (non-hydrogen) atoms. The Morgan fingerprint density at radius 2 is 1.80 bits per heavy atom. The molecule has 0 aliphatic heterocycles. The number of benzene rings is 1. The fraction of sp³-hybridized carbons (Fsp3) is 0.167. The van der Waals surface area contributed by atoms with Crippen LogP contribution in [0.2, 0.25) is 5.15 Å². The third-order valence-corrected chi connectivity index (χ3v) is 2.47. The van der Waals surface area contributed by atoms with Crippen LogP contribution in [-0.4, -0.2) is 17.1 Å². The van der Waals surface area contributed by atoms with Gasteiger partial charge in [-0.1, -0.05) is 11.6 Å². The van der Waals surface area contributed by atoms with Crippen molar-refractivity contribution in [2.45, 2.75) is 6.61 Å². The number of ether oxygens (including phenoxy) is 1. The van der Waals surface area contributed by atoms with E-state index in [-0.39, 0.29) is 23.4 Å². The maximum atomic E-state index is 13.5. The average molecular weight is 304 g/mol. The molecule has 0 saturated carbocycles. The van der Waals surface area contributed by atoms with Gasteiger partial charge in [0, 0.05) is 25.3 Å². The molecule has 0 bridgehead atoms. The molecule has 1 heterocycles. The molecular weight excluding hydrogens is 295 g/mol. The molecule has 2 aromatic rings. The minimum Gasteiger partial charge on any atom is -0.377 e. The summed E-state index contributed by atoms with van der Waals surface area (Å²) in [5.41, 5.74) is -0.524.